The molecule has 1 amide bonds. The first-order chi connectivity index (χ1) is 16.2. The number of nitriles is 1. The second-order valence-corrected chi connectivity index (χ2v) is 7.87. The highest BCUT2D eigenvalue weighted by Crippen LogP contribution is 2.39. The Kier molecular flexibility index (Phi) is 7.93. The molecule has 178 valence electrons. The topological polar surface area (TPSA) is 106 Å². The van der Waals surface area contributed by atoms with Crippen LogP contribution in [0, 0.1) is 17.1 Å². The summed E-state index contributed by atoms with van der Waals surface area (Å²) < 4.78 is 59.7. The van der Waals surface area contributed by atoms with Crippen LogP contribution in [-0.4, -0.2) is 52.5 Å². The molecule has 0 spiro atoms. The van der Waals surface area contributed by atoms with Gasteiger partial charge in [-0.3, -0.25) is 4.79 Å². The van der Waals surface area contributed by atoms with E-state index in [-0.39, 0.29) is 47.5 Å². The fraction of sp³-hybridized carbons (Fsp3) is 0.227. The lowest BCUT2D eigenvalue weighted by Gasteiger charge is -2.20. The molecular formula is C22H17F4N3O4S. The summed E-state index contributed by atoms with van der Waals surface area (Å²) in [5, 5.41) is 27.4. The van der Waals surface area contributed by atoms with Gasteiger partial charge in [-0.05, 0) is 53.7 Å². The number of alkyl halides is 3. The van der Waals surface area contributed by atoms with Crippen molar-refractivity contribution in [1.29, 1.82) is 5.26 Å². The fourth-order valence-corrected chi connectivity index (χ4v) is 3.91. The maximum atomic E-state index is 14.6. The SMILES string of the molecule is N#Cc1ccc(Oc2ccc(C=C3SC(N(CCO)CCO)=NC3=O)cc2F)c(C(F)(F)F)c1. The number of thioether (sulfide) groups is 1. The standard InChI is InChI=1S/C22H17F4N3O4S/c23-16-10-13(11-19-20(32)28-21(34-19)29(5-7-30)6-8-31)1-4-18(16)33-17-3-2-14(12-27)9-15(17)22(24,25)26/h1-4,9-11,30-31H,5-8H2. The van der Waals surface area contributed by atoms with Crippen LogP contribution in [0.2, 0.25) is 0 Å². The Balaban J connectivity index is 1.81. The summed E-state index contributed by atoms with van der Waals surface area (Å²) in [6, 6.07) is 7.75. The van der Waals surface area contributed by atoms with Gasteiger partial charge in [-0.15, -0.1) is 0 Å². The second-order valence-electron chi connectivity index (χ2n) is 6.86. The molecule has 12 heteroatoms. The molecule has 0 bridgehead atoms. The van der Waals surface area contributed by atoms with Gasteiger partial charge in [-0.1, -0.05) is 6.07 Å². The Labute approximate surface area is 195 Å². The average Bonchev–Trinajstić information content (AvgIpc) is 3.15. The van der Waals surface area contributed by atoms with Crippen LogP contribution in [0.3, 0.4) is 0 Å². The zero-order valence-electron chi connectivity index (χ0n) is 17.3. The van der Waals surface area contributed by atoms with Gasteiger partial charge in [-0.25, -0.2) is 4.39 Å². The fourth-order valence-electron chi connectivity index (χ4n) is 2.95. The molecule has 2 N–H and O–H groups in total. The number of carbonyl (C=O) groups is 1. The van der Waals surface area contributed by atoms with Crippen LogP contribution in [0.4, 0.5) is 17.6 Å². The molecule has 2 aromatic rings. The number of aliphatic hydroxyl groups excluding tert-OH is 2. The zero-order valence-corrected chi connectivity index (χ0v) is 18.2. The summed E-state index contributed by atoms with van der Waals surface area (Å²) >= 11 is 0.983. The third-order valence-corrected chi connectivity index (χ3v) is 5.55. The molecule has 1 aliphatic heterocycles. The first kappa shape index (κ1) is 25.2. The van der Waals surface area contributed by atoms with E-state index in [9.17, 15) is 22.4 Å². The number of aliphatic hydroxyl groups is 2. The van der Waals surface area contributed by atoms with Crippen molar-refractivity contribution in [2.24, 2.45) is 4.99 Å². The molecule has 0 aliphatic carbocycles. The van der Waals surface area contributed by atoms with Crippen molar-refractivity contribution in [2.75, 3.05) is 26.3 Å². The van der Waals surface area contributed by atoms with Crippen molar-refractivity contribution >= 4 is 28.9 Å². The number of hydrogen-bond donors (Lipinski definition) is 2. The molecule has 0 fully saturated rings. The molecular weight excluding hydrogens is 478 g/mol. The van der Waals surface area contributed by atoms with Crippen LogP contribution >= 0.6 is 11.8 Å². The summed E-state index contributed by atoms with van der Waals surface area (Å²) in [5.41, 5.74) is -1.20. The Morgan fingerprint density at radius 3 is 2.38 bits per heavy atom. The van der Waals surface area contributed by atoms with Gasteiger partial charge in [0, 0.05) is 13.1 Å². The first-order valence-electron chi connectivity index (χ1n) is 9.74. The monoisotopic (exact) mass is 495 g/mol. The molecule has 0 unspecified atom stereocenters. The second kappa shape index (κ2) is 10.7. The van der Waals surface area contributed by atoms with Crippen molar-refractivity contribution in [2.45, 2.75) is 6.18 Å². The minimum atomic E-state index is -4.82. The Morgan fingerprint density at radius 1 is 1.12 bits per heavy atom. The van der Waals surface area contributed by atoms with Gasteiger partial charge in [0.25, 0.3) is 5.91 Å². The van der Waals surface area contributed by atoms with Crippen LogP contribution in [0.15, 0.2) is 46.3 Å². The third-order valence-electron chi connectivity index (χ3n) is 4.51. The van der Waals surface area contributed by atoms with Gasteiger partial charge in [0.2, 0.25) is 0 Å². The maximum absolute atomic E-state index is 14.6. The number of ether oxygens (including phenoxy) is 1. The van der Waals surface area contributed by atoms with E-state index in [1.165, 1.54) is 17.0 Å². The van der Waals surface area contributed by atoms with Crippen molar-refractivity contribution in [3.63, 3.8) is 0 Å². The number of amides is 1. The van der Waals surface area contributed by atoms with E-state index < -0.39 is 35.0 Å². The highest BCUT2D eigenvalue weighted by atomic mass is 32.2. The van der Waals surface area contributed by atoms with Crippen molar-refractivity contribution in [3.05, 3.63) is 63.8 Å². The summed E-state index contributed by atoms with van der Waals surface area (Å²) in [7, 11) is 0. The number of rotatable bonds is 7. The average molecular weight is 495 g/mol. The van der Waals surface area contributed by atoms with Crippen LogP contribution in [0.1, 0.15) is 16.7 Å². The molecule has 1 aliphatic rings. The smallest absolute Gasteiger partial charge is 0.420 e. The van der Waals surface area contributed by atoms with Crippen LogP contribution < -0.4 is 4.74 Å². The number of aliphatic imine (C=N–C) groups is 1. The van der Waals surface area contributed by atoms with E-state index in [0.29, 0.717) is 6.07 Å². The predicted molar refractivity (Wildman–Crippen MR) is 116 cm³/mol. The molecule has 0 aromatic heterocycles. The van der Waals surface area contributed by atoms with Crippen molar-refractivity contribution in [1.82, 2.24) is 4.90 Å². The summed E-state index contributed by atoms with van der Waals surface area (Å²) in [6.45, 7) is -0.116. The minimum Gasteiger partial charge on any atom is -0.454 e. The van der Waals surface area contributed by atoms with E-state index in [1.54, 1.807) is 6.07 Å². The molecule has 3 rings (SSSR count). The molecule has 2 aromatic carbocycles. The zero-order chi connectivity index (χ0) is 24.9. The number of amidine groups is 1. The number of carbonyl (C=O) groups excluding carboxylic acids is 1. The lowest BCUT2D eigenvalue weighted by Crippen LogP contribution is -2.33. The molecule has 7 nitrogen and oxygen atoms in total. The van der Waals surface area contributed by atoms with Gasteiger partial charge < -0.3 is 19.8 Å². The lowest BCUT2D eigenvalue weighted by atomic mass is 10.1. The summed E-state index contributed by atoms with van der Waals surface area (Å²) in [4.78, 5) is 17.8. The summed E-state index contributed by atoms with van der Waals surface area (Å²) in [5.74, 6) is -2.69. The quantitative estimate of drug-likeness (QED) is 0.445. The predicted octanol–water partition coefficient (Wildman–Crippen LogP) is 3.77. The van der Waals surface area contributed by atoms with Crippen molar-refractivity contribution in [3.8, 4) is 17.6 Å². The Morgan fingerprint density at radius 2 is 1.79 bits per heavy atom. The molecule has 34 heavy (non-hydrogen) atoms. The molecule has 0 saturated heterocycles. The lowest BCUT2D eigenvalue weighted by molar-refractivity contribution is -0.138. The number of hydrogen-bond acceptors (Lipinski definition) is 7. The Hall–Kier alpha value is -3.40. The number of benzene rings is 2. The summed E-state index contributed by atoms with van der Waals surface area (Å²) in [6.07, 6.45) is -3.46. The highest BCUT2D eigenvalue weighted by Gasteiger charge is 2.35. The Bertz CT molecular complexity index is 1190. The molecule has 1 heterocycles. The van der Waals surface area contributed by atoms with E-state index >= 15 is 0 Å². The van der Waals surface area contributed by atoms with Gasteiger partial charge in [0.1, 0.15) is 5.75 Å². The van der Waals surface area contributed by atoms with Crippen LogP contribution in [0.25, 0.3) is 6.08 Å². The van der Waals surface area contributed by atoms with Gasteiger partial charge in [0.15, 0.2) is 16.7 Å². The number of halogens is 4. The van der Waals surface area contributed by atoms with Crippen molar-refractivity contribution < 1.29 is 37.3 Å². The number of nitrogens with zero attached hydrogens (tertiary/aromatic N) is 3. The minimum absolute atomic E-state index is 0.156. The van der Waals surface area contributed by atoms with E-state index in [1.807, 2.05) is 0 Å². The molecule has 0 saturated carbocycles. The van der Waals surface area contributed by atoms with E-state index in [2.05, 4.69) is 4.99 Å². The van der Waals surface area contributed by atoms with E-state index in [0.717, 1.165) is 36.0 Å². The van der Waals surface area contributed by atoms with Gasteiger partial charge in [-0.2, -0.15) is 23.4 Å². The van der Waals surface area contributed by atoms with Gasteiger partial charge in [0.05, 0.1) is 35.3 Å². The molecule has 0 atom stereocenters. The molecule has 0 radical (unpaired) electrons. The van der Waals surface area contributed by atoms with E-state index in [4.69, 9.17) is 20.2 Å². The maximum Gasteiger partial charge on any atom is 0.420 e. The first-order valence-corrected chi connectivity index (χ1v) is 10.6. The van der Waals surface area contributed by atoms with Gasteiger partial charge >= 0.3 is 6.18 Å². The largest absolute Gasteiger partial charge is 0.454 e. The normalized spacial score (nSPS) is 14.8. The third kappa shape index (κ3) is 5.93. The van der Waals surface area contributed by atoms with Crippen LogP contribution in [-0.2, 0) is 11.0 Å². The van der Waals surface area contributed by atoms with Crippen LogP contribution in [0.5, 0.6) is 11.5 Å². The highest BCUT2D eigenvalue weighted by molar-refractivity contribution is 8.18.